The highest BCUT2D eigenvalue weighted by Gasteiger charge is 2.28. The third-order valence-corrected chi connectivity index (χ3v) is 4.35. The molecule has 0 bridgehead atoms. The molecule has 1 saturated heterocycles. The molecule has 22 heavy (non-hydrogen) atoms. The van der Waals surface area contributed by atoms with Crippen molar-refractivity contribution in [1.29, 1.82) is 0 Å². The second-order valence-electron chi connectivity index (χ2n) is 5.36. The van der Waals surface area contributed by atoms with Gasteiger partial charge in [-0.25, -0.2) is 18.1 Å². The summed E-state index contributed by atoms with van der Waals surface area (Å²) in [6.07, 6.45) is 5.30. The van der Waals surface area contributed by atoms with E-state index in [1.165, 1.54) is 13.3 Å². The van der Waals surface area contributed by atoms with Crippen LogP contribution in [0, 0.1) is 0 Å². The van der Waals surface area contributed by atoms with E-state index in [9.17, 15) is 13.2 Å². The predicted molar refractivity (Wildman–Crippen MR) is 82.3 cm³/mol. The minimum atomic E-state index is -3.26. The Bertz CT molecular complexity index is 615. The van der Waals surface area contributed by atoms with E-state index in [0.29, 0.717) is 18.0 Å². The number of sulfonamides is 1. The Balaban J connectivity index is 2.10. The number of pyridine rings is 1. The van der Waals surface area contributed by atoms with Crippen LogP contribution in [0.2, 0.25) is 0 Å². The summed E-state index contributed by atoms with van der Waals surface area (Å²) >= 11 is 0. The van der Waals surface area contributed by atoms with Crippen molar-refractivity contribution in [1.82, 2.24) is 14.6 Å². The number of nitrogens with zero attached hydrogens (tertiary/aromatic N) is 2. The van der Waals surface area contributed by atoms with Crippen molar-refractivity contribution < 1.29 is 17.9 Å². The van der Waals surface area contributed by atoms with Gasteiger partial charge < -0.3 is 9.64 Å². The summed E-state index contributed by atoms with van der Waals surface area (Å²) in [6.45, 7) is 0.870. The average molecular weight is 327 g/mol. The van der Waals surface area contributed by atoms with Crippen LogP contribution in [-0.2, 0) is 10.0 Å². The molecule has 0 spiro atoms. The molecular formula is C14H21N3O4S. The molecule has 122 valence electrons. The second kappa shape index (κ2) is 7.06. The second-order valence-corrected chi connectivity index (χ2v) is 7.19. The quantitative estimate of drug-likeness (QED) is 0.857. The lowest BCUT2D eigenvalue weighted by Gasteiger charge is -2.35. The van der Waals surface area contributed by atoms with Gasteiger partial charge in [0, 0.05) is 31.4 Å². The molecule has 1 amide bonds. The molecule has 7 nitrogen and oxygen atoms in total. The number of hydrogen-bond donors (Lipinski definition) is 1. The van der Waals surface area contributed by atoms with Gasteiger partial charge in [-0.15, -0.1) is 0 Å². The highest BCUT2D eigenvalue weighted by atomic mass is 32.2. The smallest absolute Gasteiger partial charge is 0.255 e. The van der Waals surface area contributed by atoms with Crippen LogP contribution in [0.15, 0.2) is 18.3 Å². The lowest BCUT2D eigenvalue weighted by atomic mass is 10.0. The van der Waals surface area contributed by atoms with Gasteiger partial charge in [0.25, 0.3) is 5.91 Å². The molecule has 0 saturated carbocycles. The van der Waals surface area contributed by atoms with Gasteiger partial charge in [0.1, 0.15) is 0 Å². The highest BCUT2D eigenvalue weighted by molar-refractivity contribution is 7.88. The van der Waals surface area contributed by atoms with Gasteiger partial charge in [-0.05, 0) is 25.3 Å². The number of piperidine rings is 1. The minimum absolute atomic E-state index is 0.127. The maximum atomic E-state index is 12.6. The van der Waals surface area contributed by atoms with Crippen LogP contribution in [0.1, 0.15) is 29.6 Å². The van der Waals surface area contributed by atoms with Crippen molar-refractivity contribution >= 4 is 15.9 Å². The van der Waals surface area contributed by atoms with Crippen molar-refractivity contribution in [2.75, 3.05) is 26.5 Å². The Morgan fingerprint density at radius 1 is 1.45 bits per heavy atom. The van der Waals surface area contributed by atoms with Gasteiger partial charge in [-0.3, -0.25) is 4.79 Å². The summed E-state index contributed by atoms with van der Waals surface area (Å²) in [5.74, 6) is 0.320. The molecule has 1 fully saturated rings. The molecule has 0 radical (unpaired) electrons. The van der Waals surface area contributed by atoms with Crippen molar-refractivity contribution in [3.05, 3.63) is 23.9 Å². The molecule has 1 atom stereocenters. The van der Waals surface area contributed by atoms with E-state index in [1.807, 2.05) is 0 Å². The average Bonchev–Trinajstić information content (AvgIpc) is 2.52. The SMILES string of the molecule is COc1ccc(C(=O)N2CCCCC2CNS(C)(=O)=O)cn1. The molecule has 8 heteroatoms. The van der Waals surface area contributed by atoms with Crippen LogP contribution in [0.3, 0.4) is 0 Å². The molecule has 0 aromatic carbocycles. The van der Waals surface area contributed by atoms with Gasteiger partial charge in [0.15, 0.2) is 0 Å². The number of aromatic nitrogens is 1. The third kappa shape index (κ3) is 4.41. The Labute approximate surface area is 130 Å². The number of carbonyl (C=O) groups excluding carboxylic acids is 1. The van der Waals surface area contributed by atoms with Crippen LogP contribution < -0.4 is 9.46 Å². The molecule has 1 aromatic heterocycles. The minimum Gasteiger partial charge on any atom is -0.481 e. The number of rotatable bonds is 5. The lowest BCUT2D eigenvalue weighted by Crippen LogP contribution is -2.49. The molecule has 1 aromatic rings. The van der Waals surface area contributed by atoms with Gasteiger partial charge >= 0.3 is 0 Å². The third-order valence-electron chi connectivity index (χ3n) is 3.66. The number of methoxy groups -OCH3 is 1. The Morgan fingerprint density at radius 2 is 2.23 bits per heavy atom. The molecule has 1 aliphatic heterocycles. The normalized spacial score (nSPS) is 19.0. The summed E-state index contributed by atoms with van der Waals surface area (Å²) in [5, 5.41) is 0. The summed E-state index contributed by atoms with van der Waals surface area (Å²) in [4.78, 5) is 18.4. The molecule has 0 aliphatic carbocycles. The van der Waals surface area contributed by atoms with Crippen LogP contribution in [0.25, 0.3) is 0 Å². The molecule has 2 heterocycles. The largest absolute Gasteiger partial charge is 0.481 e. The Morgan fingerprint density at radius 3 is 2.82 bits per heavy atom. The van der Waals surface area contributed by atoms with E-state index >= 15 is 0 Å². The number of ether oxygens (including phenoxy) is 1. The fourth-order valence-corrected chi connectivity index (χ4v) is 3.02. The first kappa shape index (κ1) is 16.7. The number of amides is 1. The van der Waals surface area contributed by atoms with Crippen LogP contribution in [-0.4, -0.2) is 56.7 Å². The molecular weight excluding hydrogens is 306 g/mol. The van der Waals surface area contributed by atoms with E-state index in [0.717, 1.165) is 25.5 Å². The van der Waals surface area contributed by atoms with Crippen molar-refractivity contribution in [2.45, 2.75) is 25.3 Å². The first-order valence-corrected chi connectivity index (χ1v) is 9.05. The number of carbonyl (C=O) groups is 1. The van der Waals surface area contributed by atoms with E-state index in [2.05, 4.69) is 9.71 Å². The van der Waals surface area contributed by atoms with Crippen molar-refractivity contribution in [3.63, 3.8) is 0 Å². The Hall–Kier alpha value is -1.67. The summed E-state index contributed by atoms with van der Waals surface area (Å²) in [5.41, 5.74) is 0.479. The van der Waals surface area contributed by atoms with E-state index in [1.54, 1.807) is 17.0 Å². The number of likely N-dealkylation sites (tertiary alicyclic amines) is 1. The van der Waals surface area contributed by atoms with Crippen molar-refractivity contribution in [3.8, 4) is 5.88 Å². The first-order chi connectivity index (χ1) is 10.4. The van der Waals surface area contributed by atoms with Crippen LogP contribution >= 0.6 is 0 Å². The summed E-state index contributed by atoms with van der Waals surface area (Å²) < 4.78 is 30.0. The van der Waals surface area contributed by atoms with Gasteiger partial charge in [0.2, 0.25) is 15.9 Å². The van der Waals surface area contributed by atoms with E-state index in [-0.39, 0.29) is 18.5 Å². The number of nitrogens with one attached hydrogen (secondary N) is 1. The zero-order valence-corrected chi connectivity index (χ0v) is 13.6. The predicted octanol–water partition coefficient (Wildman–Crippen LogP) is 0.634. The highest BCUT2D eigenvalue weighted by Crippen LogP contribution is 2.20. The molecule has 2 rings (SSSR count). The maximum absolute atomic E-state index is 12.6. The van der Waals surface area contributed by atoms with Gasteiger partial charge in [-0.1, -0.05) is 0 Å². The molecule has 1 N–H and O–H groups in total. The summed E-state index contributed by atoms with van der Waals surface area (Å²) in [6, 6.07) is 3.18. The van der Waals surface area contributed by atoms with Gasteiger partial charge in [0.05, 0.1) is 18.9 Å². The van der Waals surface area contributed by atoms with Crippen LogP contribution in [0.4, 0.5) is 0 Å². The topological polar surface area (TPSA) is 88.6 Å². The first-order valence-electron chi connectivity index (χ1n) is 7.16. The fraction of sp³-hybridized carbons (Fsp3) is 0.571. The molecule has 1 unspecified atom stereocenters. The van der Waals surface area contributed by atoms with Gasteiger partial charge in [-0.2, -0.15) is 0 Å². The molecule has 1 aliphatic rings. The maximum Gasteiger partial charge on any atom is 0.255 e. The summed E-state index contributed by atoms with van der Waals surface area (Å²) in [7, 11) is -1.75. The standard InChI is InChI=1S/C14H21N3O4S/c1-21-13-7-6-11(9-15-13)14(18)17-8-4-3-5-12(17)10-16-22(2,19)20/h6-7,9,12,16H,3-5,8,10H2,1-2H3. The Kier molecular flexibility index (Phi) is 5.36. The zero-order chi connectivity index (χ0) is 16.2. The van der Waals surface area contributed by atoms with E-state index in [4.69, 9.17) is 4.74 Å². The van der Waals surface area contributed by atoms with E-state index < -0.39 is 10.0 Å². The fourth-order valence-electron chi connectivity index (χ4n) is 2.52. The number of hydrogen-bond acceptors (Lipinski definition) is 5. The van der Waals surface area contributed by atoms with Crippen LogP contribution in [0.5, 0.6) is 5.88 Å². The lowest BCUT2D eigenvalue weighted by molar-refractivity contribution is 0.0618. The van der Waals surface area contributed by atoms with Crippen molar-refractivity contribution in [2.24, 2.45) is 0 Å². The zero-order valence-electron chi connectivity index (χ0n) is 12.8. The monoisotopic (exact) mass is 327 g/mol.